The molecule has 0 aliphatic carbocycles. The molecule has 2 aromatic rings. The predicted octanol–water partition coefficient (Wildman–Crippen LogP) is 3.58. The predicted molar refractivity (Wildman–Crippen MR) is 68.1 cm³/mol. The lowest BCUT2D eigenvalue weighted by atomic mass is 10.0. The van der Waals surface area contributed by atoms with Crippen LogP contribution >= 0.6 is 0 Å². The third-order valence-corrected chi connectivity index (χ3v) is 2.96. The Balaban J connectivity index is 2.84. The molecule has 1 radical (unpaired) electrons. The maximum absolute atomic E-state index is 11.0. The second-order valence-electron chi connectivity index (χ2n) is 4.38. The van der Waals surface area contributed by atoms with Crippen LogP contribution in [0, 0.1) is 17.0 Å². The first-order valence-electron chi connectivity index (χ1n) is 5.63. The number of rotatable bonds is 3. The van der Waals surface area contributed by atoms with Gasteiger partial charge in [0.25, 0.3) is 5.69 Å². The van der Waals surface area contributed by atoms with E-state index in [0.29, 0.717) is 17.7 Å². The molecule has 1 heterocycles. The van der Waals surface area contributed by atoms with Crippen molar-refractivity contribution in [1.29, 1.82) is 0 Å². The number of aromatic amines is 1. The van der Waals surface area contributed by atoms with Crippen molar-refractivity contribution in [3.8, 4) is 0 Å². The van der Waals surface area contributed by atoms with Crippen molar-refractivity contribution in [1.82, 2.24) is 4.98 Å². The van der Waals surface area contributed by atoms with E-state index in [9.17, 15) is 10.1 Å². The molecular weight excluding hydrogens is 216 g/mol. The molecule has 0 atom stereocenters. The third-order valence-electron chi connectivity index (χ3n) is 2.96. The number of H-pyrrole nitrogens is 1. The molecule has 2 rings (SSSR count). The van der Waals surface area contributed by atoms with E-state index in [0.717, 1.165) is 16.8 Å². The van der Waals surface area contributed by atoms with Crippen molar-refractivity contribution in [2.45, 2.75) is 26.2 Å². The van der Waals surface area contributed by atoms with Crippen LogP contribution in [0.3, 0.4) is 0 Å². The van der Waals surface area contributed by atoms with Gasteiger partial charge in [0.1, 0.15) is 0 Å². The zero-order valence-electron chi connectivity index (χ0n) is 9.99. The fourth-order valence-corrected chi connectivity index (χ4v) is 2.22. The van der Waals surface area contributed by atoms with Gasteiger partial charge < -0.3 is 4.98 Å². The maximum Gasteiger partial charge on any atom is 0.279 e. The smallest absolute Gasteiger partial charge is 0.279 e. The van der Waals surface area contributed by atoms with Crippen molar-refractivity contribution in [2.75, 3.05) is 0 Å². The molecule has 0 amide bonds. The minimum absolute atomic E-state index is 0.157. The van der Waals surface area contributed by atoms with E-state index < -0.39 is 0 Å². The largest absolute Gasteiger partial charge is 0.358 e. The lowest BCUT2D eigenvalue weighted by molar-refractivity contribution is -0.383. The molecule has 0 spiro atoms. The summed E-state index contributed by atoms with van der Waals surface area (Å²) in [5.41, 5.74) is 2.98. The molecule has 0 unspecified atom stereocenters. The fraction of sp³-hybridized carbons (Fsp3) is 0.308. The zero-order valence-corrected chi connectivity index (χ0v) is 9.99. The number of hydrogen-bond donors (Lipinski definition) is 1. The highest BCUT2D eigenvalue weighted by Gasteiger charge is 2.20. The maximum atomic E-state index is 11.0. The highest BCUT2D eigenvalue weighted by atomic mass is 16.6. The fourth-order valence-electron chi connectivity index (χ4n) is 2.22. The summed E-state index contributed by atoms with van der Waals surface area (Å²) in [4.78, 5) is 14.0. The van der Waals surface area contributed by atoms with Gasteiger partial charge in [-0.25, -0.2) is 0 Å². The van der Waals surface area contributed by atoms with Crippen LogP contribution < -0.4 is 0 Å². The van der Waals surface area contributed by atoms with Gasteiger partial charge in [0.2, 0.25) is 0 Å². The Kier molecular flexibility index (Phi) is 2.88. The van der Waals surface area contributed by atoms with Crippen LogP contribution in [0.15, 0.2) is 18.2 Å². The molecule has 1 aromatic heterocycles. The van der Waals surface area contributed by atoms with Gasteiger partial charge in [-0.15, -0.1) is 0 Å². The summed E-state index contributed by atoms with van der Waals surface area (Å²) in [6.07, 6.45) is 0.554. The van der Waals surface area contributed by atoms with Gasteiger partial charge in [-0.05, 0) is 30.9 Å². The minimum Gasteiger partial charge on any atom is -0.358 e. The summed E-state index contributed by atoms with van der Waals surface area (Å²) in [6.45, 7) is 8.01. The molecule has 1 aromatic carbocycles. The van der Waals surface area contributed by atoms with E-state index in [1.165, 1.54) is 0 Å². The first kappa shape index (κ1) is 11.6. The lowest BCUT2D eigenvalue weighted by Gasteiger charge is -2.05. The van der Waals surface area contributed by atoms with Crippen molar-refractivity contribution >= 4 is 16.6 Å². The number of nitro groups is 1. The SMILES string of the molecule is [CH2]Cc1c(C(C)C)[nH]c2cccc([N+](=O)[O-])c12. The van der Waals surface area contributed by atoms with E-state index in [-0.39, 0.29) is 10.6 Å². The first-order valence-corrected chi connectivity index (χ1v) is 5.63. The molecule has 0 aliphatic rings. The molecule has 4 heteroatoms. The van der Waals surface area contributed by atoms with Gasteiger partial charge in [-0.3, -0.25) is 10.1 Å². The van der Waals surface area contributed by atoms with E-state index >= 15 is 0 Å². The van der Waals surface area contributed by atoms with Crippen LogP contribution in [-0.4, -0.2) is 9.91 Å². The monoisotopic (exact) mass is 231 g/mol. The molecule has 0 saturated carbocycles. The summed E-state index contributed by atoms with van der Waals surface area (Å²) in [5.74, 6) is 0.304. The average Bonchev–Trinajstić information content (AvgIpc) is 2.66. The summed E-state index contributed by atoms with van der Waals surface area (Å²) in [7, 11) is 0. The van der Waals surface area contributed by atoms with E-state index in [1.54, 1.807) is 12.1 Å². The third kappa shape index (κ3) is 1.79. The van der Waals surface area contributed by atoms with Gasteiger partial charge in [-0.2, -0.15) is 0 Å². The van der Waals surface area contributed by atoms with Gasteiger partial charge in [0.15, 0.2) is 0 Å². The molecule has 0 bridgehead atoms. The number of non-ortho nitro benzene ring substituents is 1. The standard InChI is InChI=1S/C13H15N2O2/c1-4-9-12-10(14-13(9)8(2)3)6-5-7-11(12)15(16)17/h5-8,14H,1,4H2,2-3H3. The van der Waals surface area contributed by atoms with Gasteiger partial charge in [0.05, 0.1) is 15.8 Å². The van der Waals surface area contributed by atoms with Crippen molar-refractivity contribution in [2.24, 2.45) is 0 Å². The van der Waals surface area contributed by atoms with Crippen LogP contribution in [0.1, 0.15) is 31.0 Å². The molecular formula is C13H15N2O2. The van der Waals surface area contributed by atoms with Crippen molar-refractivity contribution in [3.05, 3.63) is 46.5 Å². The Morgan fingerprint density at radius 2 is 2.18 bits per heavy atom. The second kappa shape index (κ2) is 4.20. The summed E-state index contributed by atoms with van der Waals surface area (Å²) in [6, 6.07) is 5.11. The number of aromatic nitrogens is 1. The van der Waals surface area contributed by atoms with E-state index in [1.807, 2.05) is 6.07 Å². The number of hydrogen-bond acceptors (Lipinski definition) is 2. The van der Waals surface area contributed by atoms with Crippen LogP contribution in [0.4, 0.5) is 5.69 Å². The van der Waals surface area contributed by atoms with Gasteiger partial charge in [-0.1, -0.05) is 19.9 Å². The number of fused-ring (bicyclic) bond motifs is 1. The zero-order chi connectivity index (χ0) is 12.6. The minimum atomic E-state index is -0.334. The molecule has 4 nitrogen and oxygen atoms in total. The Morgan fingerprint density at radius 3 is 2.71 bits per heavy atom. The molecule has 0 aliphatic heterocycles. The number of nitrogens with zero attached hydrogens (tertiary/aromatic N) is 1. The summed E-state index contributed by atoms with van der Waals surface area (Å²) in [5, 5.41) is 11.7. The Hall–Kier alpha value is -1.84. The normalized spacial score (nSPS) is 11.3. The Labute approximate surface area is 99.8 Å². The van der Waals surface area contributed by atoms with Gasteiger partial charge in [0, 0.05) is 11.8 Å². The molecule has 0 saturated heterocycles. The first-order chi connectivity index (χ1) is 8.06. The molecule has 0 fully saturated rings. The van der Waals surface area contributed by atoms with Crippen LogP contribution in [0.2, 0.25) is 0 Å². The quantitative estimate of drug-likeness (QED) is 0.648. The Bertz CT molecular complexity index is 570. The summed E-state index contributed by atoms with van der Waals surface area (Å²) >= 11 is 0. The number of benzene rings is 1. The lowest BCUT2D eigenvalue weighted by Crippen LogP contribution is -1.94. The Morgan fingerprint density at radius 1 is 1.47 bits per heavy atom. The molecule has 89 valence electrons. The highest BCUT2D eigenvalue weighted by Crippen LogP contribution is 2.33. The summed E-state index contributed by atoms with van der Waals surface area (Å²) < 4.78 is 0. The van der Waals surface area contributed by atoms with Crippen LogP contribution in [-0.2, 0) is 6.42 Å². The van der Waals surface area contributed by atoms with Crippen molar-refractivity contribution in [3.63, 3.8) is 0 Å². The van der Waals surface area contributed by atoms with E-state index in [2.05, 4.69) is 25.8 Å². The van der Waals surface area contributed by atoms with Crippen LogP contribution in [0.25, 0.3) is 10.9 Å². The topological polar surface area (TPSA) is 58.9 Å². The molecule has 17 heavy (non-hydrogen) atoms. The number of nitrogens with one attached hydrogen (secondary N) is 1. The van der Waals surface area contributed by atoms with E-state index in [4.69, 9.17) is 0 Å². The highest BCUT2D eigenvalue weighted by molar-refractivity contribution is 5.93. The van der Waals surface area contributed by atoms with Crippen molar-refractivity contribution < 1.29 is 4.92 Å². The second-order valence-corrected chi connectivity index (χ2v) is 4.38. The number of nitro benzene ring substituents is 1. The van der Waals surface area contributed by atoms with Gasteiger partial charge >= 0.3 is 0 Å². The average molecular weight is 231 g/mol. The van der Waals surface area contributed by atoms with Crippen LogP contribution in [0.5, 0.6) is 0 Å². The molecule has 1 N–H and O–H groups in total.